The van der Waals surface area contributed by atoms with Crippen molar-refractivity contribution in [3.63, 3.8) is 0 Å². The van der Waals surface area contributed by atoms with Gasteiger partial charge in [-0.2, -0.15) is 0 Å². The normalized spacial score (nSPS) is 11.8. The Hall–Kier alpha value is -7.11. The van der Waals surface area contributed by atoms with Crippen LogP contribution in [-0.2, 0) is 0 Å². The third-order valence-corrected chi connectivity index (χ3v) is 10.2. The van der Waals surface area contributed by atoms with Crippen LogP contribution in [0.1, 0.15) is 0 Å². The van der Waals surface area contributed by atoms with Gasteiger partial charge >= 0.3 is 0 Å². The lowest BCUT2D eigenvalue weighted by atomic mass is 10.0. The number of aromatic nitrogens is 4. The van der Waals surface area contributed by atoms with Crippen molar-refractivity contribution in [3.8, 4) is 39.9 Å². The zero-order chi connectivity index (χ0) is 34.2. The maximum Gasteiger partial charge on any atom is 0.164 e. The molecule has 0 radical (unpaired) electrons. The zero-order valence-corrected chi connectivity index (χ0v) is 27.9. The molecule has 0 aliphatic rings. The van der Waals surface area contributed by atoms with Crippen molar-refractivity contribution in [2.45, 2.75) is 0 Å². The first-order valence-electron chi connectivity index (χ1n) is 17.4. The predicted molar refractivity (Wildman–Crippen MR) is 213 cm³/mol. The lowest BCUT2D eigenvalue weighted by molar-refractivity contribution is 0.668. The van der Waals surface area contributed by atoms with Gasteiger partial charge in [0.05, 0.1) is 11.0 Å². The predicted octanol–water partition coefficient (Wildman–Crippen LogP) is 12.2. The van der Waals surface area contributed by atoms with Gasteiger partial charge in [-0.3, -0.25) is 0 Å². The number of nitrogens with zero attached hydrogens (tertiary/aromatic N) is 4. The third-order valence-electron chi connectivity index (χ3n) is 10.2. The quantitative estimate of drug-likeness (QED) is 0.188. The van der Waals surface area contributed by atoms with Gasteiger partial charge in [-0.1, -0.05) is 133 Å². The van der Waals surface area contributed by atoms with Crippen LogP contribution in [0.15, 0.2) is 174 Å². The fraction of sp³-hybridized carbons (Fsp3) is 0. The molecule has 0 spiro atoms. The summed E-state index contributed by atoms with van der Waals surface area (Å²) in [5.41, 5.74) is 7.74. The Morgan fingerprint density at radius 1 is 0.404 bits per heavy atom. The summed E-state index contributed by atoms with van der Waals surface area (Å²) < 4.78 is 9.08. The molecule has 0 saturated heterocycles. The van der Waals surface area contributed by atoms with Crippen molar-refractivity contribution in [2.75, 3.05) is 0 Å². The topological polar surface area (TPSA) is 56.7 Å². The van der Waals surface area contributed by atoms with Gasteiger partial charge in [-0.25, -0.2) is 15.0 Å². The first-order chi connectivity index (χ1) is 25.8. The minimum absolute atomic E-state index is 0.603. The molecule has 11 rings (SSSR count). The molecular formula is C47H28N4O. The molecule has 0 bridgehead atoms. The van der Waals surface area contributed by atoms with E-state index >= 15 is 0 Å². The van der Waals surface area contributed by atoms with Gasteiger partial charge in [0.2, 0.25) is 0 Å². The Morgan fingerprint density at radius 2 is 1.04 bits per heavy atom. The molecule has 0 unspecified atom stereocenters. The highest BCUT2D eigenvalue weighted by molar-refractivity contribution is 6.21. The minimum Gasteiger partial charge on any atom is -0.456 e. The molecule has 3 heterocycles. The summed E-state index contributed by atoms with van der Waals surface area (Å²) in [5.74, 6) is 1.86. The van der Waals surface area contributed by atoms with Gasteiger partial charge in [-0.15, -0.1) is 0 Å². The van der Waals surface area contributed by atoms with Crippen LogP contribution >= 0.6 is 0 Å². The molecule has 52 heavy (non-hydrogen) atoms. The molecular weight excluding hydrogens is 637 g/mol. The SMILES string of the molecule is c1ccc(-c2nc(-c3ccccc3)nc(-c3cccc4oc5cc(-n6c7cc8ccccc8cc7c7ccc8ccccc8c76)ccc5c34)n2)cc1. The summed E-state index contributed by atoms with van der Waals surface area (Å²) >= 11 is 0. The summed E-state index contributed by atoms with van der Waals surface area (Å²) in [5, 5.41) is 9.30. The largest absolute Gasteiger partial charge is 0.456 e. The second-order valence-corrected chi connectivity index (χ2v) is 13.2. The Labute approximate surface area is 298 Å². The highest BCUT2D eigenvalue weighted by atomic mass is 16.3. The molecule has 0 saturated carbocycles. The number of hydrogen-bond acceptors (Lipinski definition) is 4. The van der Waals surface area contributed by atoms with Crippen LogP contribution in [-0.4, -0.2) is 19.5 Å². The standard InChI is InChI=1S/C47H28N4O/c1-3-13-30(14-4-1)45-48-46(31-15-5-2-6-16-31)50-47(49-45)38-20-11-21-41-43(38)37-25-23-34(28-42(37)52-41)51-40-27-33-18-8-7-17-32(33)26-39(40)36-24-22-29-12-9-10-19-35(29)44(36)51/h1-28H. The van der Waals surface area contributed by atoms with Crippen LogP contribution in [0.25, 0.3) is 105 Å². The average Bonchev–Trinajstić information content (AvgIpc) is 3.75. The van der Waals surface area contributed by atoms with E-state index in [1.54, 1.807) is 0 Å². The third kappa shape index (κ3) is 4.39. The van der Waals surface area contributed by atoms with Gasteiger partial charge in [0, 0.05) is 55.4 Å². The maximum atomic E-state index is 6.68. The highest BCUT2D eigenvalue weighted by Crippen LogP contribution is 2.41. The van der Waals surface area contributed by atoms with Crippen molar-refractivity contribution >= 4 is 65.3 Å². The van der Waals surface area contributed by atoms with Crippen molar-refractivity contribution < 1.29 is 4.42 Å². The summed E-state index contributed by atoms with van der Waals surface area (Å²) in [6.07, 6.45) is 0. The summed E-state index contributed by atoms with van der Waals surface area (Å²) in [7, 11) is 0. The molecule has 5 nitrogen and oxygen atoms in total. The second kappa shape index (κ2) is 11.2. The highest BCUT2D eigenvalue weighted by Gasteiger charge is 2.20. The summed E-state index contributed by atoms with van der Waals surface area (Å²) in [6.45, 7) is 0. The van der Waals surface area contributed by atoms with Crippen molar-refractivity contribution in [1.82, 2.24) is 19.5 Å². The number of rotatable bonds is 4. The Kier molecular flexibility index (Phi) is 6.18. The molecule has 242 valence electrons. The fourth-order valence-corrected chi connectivity index (χ4v) is 7.80. The van der Waals surface area contributed by atoms with E-state index in [0.717, 1.165) is 49.8 Å². The van der Waals surface area contributed by atoms with Crippen LogP contribution in [0.3, 0.4) is 0 Å². The van der Waals surface area contributed by atoms with Crippen LogP contribution in [0.2, 0.25) is 0 Å². The number of fused-ring (bicyclic) bond motifs is 9. The minimum atomic E-state index is 0.603. The monoisotopic (exact) mass is 664 g/mol. The van der Waals surface area contributed by atoms with E-state index in [0.29, 0.717) is 17.5 Å². The van der Waals surface area contributed by atoms with Gasteiger partial charge in [0.1, 0.15) is 11.2 Å². The van der Waals surface area contributed by atoms with Crippen molar-refractivity contribution in [3.05, 3.63) is 170 Å². The van der Waals surface area contributed by atoms with E-state index < -0.39 is 0 Å². The average molecular weight is 665 g/mol. The molecule has 11 aromatic rings. The molecule has 3 aromatic heterocycles. The van der Waals surface area contributed by atoms with Crippen LogP contribution in [0.4, 0.5) is 0 Å². The van der Waals surface area contributed by atoms with Gasteiger partial charge in [0.15, 0.2) is 17.5 Å². The van der Waals surface area contributed by atoms with Crippen LogP contribution in [0.5, 0.6) is 0 Å². The molecule has 0 amide bonds. The van der Waals surface area contributed by atoms with E-state index in [1.807, 2.05) is 72.8 Å². The first kappa shape index (κ1) is 28.7. The second-order valence-electron chi connectivity index (χ2n) is 13.2. The van der Waals surface area contributed by atoms with Crippen molar-refractivity contribution in [2.24, 2.45) is 0 Å². The molecule has 0 aliphatic heterocycles. The first-order valence-corrected chi connectivity index (χ1v) is 17.4. The molecule has 0 aliphatic carbocycles. The van der Waals surface area contributed by atoms with E-state index in [-0.39, 0.29) is 0 Å². The fourth-order valence-electron chi connectivity index (χ4n) is 7.80. The van der Waals surface area contributed by atoms with Gasteiger partial charge in [-0.05, 0) is 46.5 Å². The maximum absolute atomic E-state index is 6.68. The van der Waals surface area contributed by atoms with E-state index in [1.165, 1.54) is 37.8 Å². The van der Waals surface area contributed by atoms with E-state index in [9.17, 15) is 0 Å². The molecule has 8 aromatic carbocycles. The van der Waals surface area contributed by atoms with E-state index in [4.69, 9.17) is 19.4 Å². The molecule has 0 N–H and O–H groups in total. The molecule has 0 fully saturated rings. The molecule has 0 atom stereocenters. The summed E-state index contributed by atoms with van der Waals surface area (Å²) in [4.78, 5) is 15.0. The Morgan fingerprint density at radius 3 is 1.79 bits per heavy atom. The van der Waals surface area contributed by atoms with E-state index in [2.05, 4.69) is 102 Å². The van der Waals surface area contributed by atoms with Crippen LogP contribution < -0.4 is 0 Å². The zero-order valence-electron chi connectivity index (χ0n) is 27.9. The summed E-state index contributed by atoms with van der Waals surface area (Å²) in [6, 6.07) is 59.2. The molecule has 5 heteroatoms. The number of furan rings is 1. The lowest BCUT2D eigenvalue weighted by Gasteiger charge is -2.11. The van der Waals surface area contributed by atoms with Crippen LogP contribution in [0, 0.1) is 0 Å². The smallest absolute Gasteiger partial charge is 0.164 e. The lowest BCUT2D eigenvalue weighted by Crippen LogP contribution is -2.00. The Bertz CT molecular complexity index is 3120. The van der Waals surface area contributed by atoms with Crippen molar-refractivity contribution in [1.29, 1.82) is 0 Å². The number of hydrogen-bond donors (Lipinski definition) is 0. The Balaban J connectivity index is 1.16. The van der Waals surface area contributed by atoms with Gasteiger partial charge in [0.25, 0.3) is 0 Å². The number of benzene rings is 8. The van der Waals surface area contributed by atoms with Gasteiger partial charge < -0.3 is 8.98 Å².